The molecule has 0 saturated heterocycles. The number of methoxy groups -OCH3 is 2. The van der Waals surface area contributed by atoms with Crippen LogP contribution in [-0.2, 0) is 14.3 Å². The summed E-state index contributed by atoms with van der Waals surface area (Å²) in [6.07, 6.45) is 5.67. The monoisotopic (exact) mass is 210 g/mol. The summed E-state index contributed by atoms with van der Waals surface area (Å²) in [5.74, 6) is -0.703. The lowest BCUT2D eigenvalue weighted by Crippen LogP contribution is -2.44. The lowest BCUT2D eigenvalue weighted by molar-refractivity contribution is -0.200. The van der Waals surface area contributed by atoms with E-state index in [1.54, 1.807) is 20.3 Å². The second-order valence-electron chi connectivity index (χ2n) is 3.72. The van der Waals surface area contributed by atoms with Crippen molar-refractivity contribution in [2.75, 3.05) is 14.2 Å². The molecule has 0 aliphatic heterocycles. The Morgan fingerprint density at radius 1 is 1.53 bits per heavy atom. The molecule has 0 aromatic heterocycles. The number of ether oxygens (including phenoxy) is 2. The van der Waals surface area contributed by atoms with Gasteiger partial charge in [-0.3, -0.25) is 4.79 Å². The van der Waals surface area contributed by atoms with Crippen LogP contribution in [0, 0.1) is 5.92 Å². The average molecular weight is 210 g/mol. The fraction of sp³-hybridized carbons (Fsp3) is 0.583. The number of hydrogen-bond acceptors (Lipinski definition) is 3. The number of ketones is 1. The van der Waals surface area contributed by atoms with Crippen molar-refractivity contribution in [2.24, 2.45) is 5.92 Å². The van der Waals surface area contributed by atoms with E-state index in [0.29, 0.717) is 6.42 Å². The molecule has 3 heteroatoms. The molecule has 1 atom stereocenters. The van der Waals surface area contributed by atoms with Gasteiger partial charge in [0.2, 0.25) is 0 Å². The van der Waals surface area contributed by atoms with E-state index >= 15 is 0 Å². The highest BCUT2D eigenvalue weighted by molar-refractivity contribution is 5.91. The number of allylic oxidation sites excluding steroid dienone is 2. The van der Waals surface area contributed by atoms with Gasteiger partial charge in [0.25, 0.3) is 0 Å². The molecule has 0 amide bonds. The Morgan fingerprint density at radius 2 is 2.13 bits per heavy atom. The molecular formula is C12H18O3. The van der Waals surface area contributed by atoms with Crippen LogP contribution >= 0.6 is 0 Å². The van der Waals surface area contributed by atoms with E-state index in [9.17, 15) is 4.79 Å². The lowest BCUT2D eigenvalue weighted by atomic mass is 9.82. The summed E-state index contributed by atoms with van der Waals surface area (Å²) < 4.78 is 10.8. The molecule has 0 radical (unpaired) electrons. The SMILES string of the molecule is C/C=C(\C)C1CC(=O)C=CC1(OC)OC. The van der Waals surface area contributed by atoms with Crippen LogP contribution in [0.3, 0.4) is 0 Å². The van der Waals surface area contributed by atoms with Crippen molar-refractivity contribution in [2.45, 2.75) is 26.1 Å². The molecule has 0 saturated carbocycles. The molecule has 0 aromatic rings. The smallest absolute Gasteiger partial charge is 0.194 e. The predicted octanol–water partition coefficient (Wildman–Crippen LogP) is 2.09. The first-order valence-electron chi connectivity index (χ1n) is 5.04. The second kappa shape index (κ2) is 4.73. The van der Waals surface area contributed by atoms with Crippen LogP contribution in [0.15, 0.2) is 23.8 Å². The first-order chi connectivity index (χ1) is 7.09. The van der Waals surface area contributed by atoms with Gasteiger partial charge in [-0.15, -0.1) is 0 Å². The topological polar surface area (TPSA) is 35.5 Å². The van der Waals surface area contributed by atoms with E-state index in [0.717, 1.165) is 5.57 Å². The third kappa shape index (κ3) is 2.19. The highest BCUT2D eigenvalue weighted by atomic mass is 16.7. The van der Waals surface area contributed by atoms with Crippen molar-refractivity contribution in [1.29, 1.82) is 0 Å². The van der Waals surface area contributed by atoms with Gasteiger partial charge in [-0.1, -0.05) is 11.6 Å². The number of carbonyl (C=O) groups is 1. The highest BCUT2D eigenvalue weighted by Gasteiger charge is 2.41. The maximum Gasteiger partial charge on any atom is 0.194 e. The Labute approximate surface area is 90.8 Å². The Hall–Kier alpha value is -0.930. The minimum Gasteiger partial charge on any atom is -0.349 e. The number of carbonyl (C=O) groups excluding carboxylic acids is 1. The number of rotatable bonds is 3. The van der Waals surface area contributed by atoms with E-state index < -0.39 is 5.79 Å². The molecule has 1 aliphatic rings. The Kier molecular flexibility index (Phi) is 3.83. The molecule has 0 N–H and O–H groups in total. The van der Waals surface area contributed by atoms with E-state index in [-0.39, 0.29) is 11.7 Å². The molecule has 0 fully saturated rings. The van der Waals surface area contributed by atoms with Gasteiger partial charge in [0, 0.05) is 26.6 Å². The van der Waals surface area contributed by atoms with Crippen LogP contribution in [0.2, 0.25) is 0 Å². The van der Waals surface area contributed by atoms with Gasteiger partial charge >= 0.3 is 0 Å². The molecule has 0 heterocycles. The van der Waals surface area contributed by atoms with Crippen LogP contribution in [0.5, 0.6) is 0 Å². The Balaban J connectivity index is 3.10. The van der Waals surface area contributed by atoms with Gasteiger partial charge in [0.15, 0.2) is 11.6 Å². The van der Waals surface area contributed by atoms with Crippen molar-refractivity contribution >= 4 is 5.78 Å². The zero-order valence-corrected chi connectivity index (χ0v) is 9.74. The van der Waals surface area contributed by atoms with Gasteiger partial charge < -0.3 is 9.47 Å². The molecule has 3 nitrogen and oxygen atoms in total. The zero-order chi connectivity index (χ0) is 11.5. The summed E-state index contributed by atoms with van der Waals surface area (Å²) in [5.41, 5.74) is 1.11. The van der Waals surface area contributed by atoms with Gasteiger partial charge in [-0.25, -0.2) is 0 Å². The normalized spacial score (nSPS) is 25.7. The van der Waals surface area contributed by atoms with Gasteiger partial charge in [0.05, 0.1) is 0 Å². The van der Waals surface area contributed by atoms with Crippen LogP contribution in [0.1, 0.15) is 20.3 Å². The van der Waals surface area contributed by atoms with Gasteiger partial charge in [-0.05, 0) is 26.0 Å². The van der Waals surface area contributed by atoms with Crippen molar-refractivity contribution in [3.05, 3.63) is 23.8 Å². The van der Waals surface area contributed by atoms with Crippen LogP contribution in [-0.4, -0.2) is 25.8 Å². The standard InChI is InChI=1S/C12H18O3/c1-5-9(2)11-8-10(13)6-7-12(11,14-3)15-4/h5-7,11H,8H2,1-4H3/b9-5+. The summed E-state index contributed by atoms with van der Waals surface area (Å²) in [7, 11) is 3.19. The van der Waals surface area contributed by atoms with E-state index in [2.05, 4.69) is 0 Å². The summed E-state index contributed by atoms with van der Waals surface area (Å²) in [5, 5.41) is 0. The summed E-state index contributed by atoms with van der Waals surface area (Å²) in [6.45, 7) is 3.94. The molecule has 0 aromatic carbocycles. The minimum atomic E-state index is -0.787. The fourth-order valence-corrected chi connectivity index (χ4v) is 1.92. The van der Waals surface area contributed by atoms with E-state index in [4.69, 9.17) is 9.47 Å². The average Bonchev–Trinajstić information content (AvgIpc) is 2.28. The Bertz CT molecular complexity index is 298. The number of hydrogen-bond donors (Lipinski definition) is 0. The van der Waals surface area contributed by atoms with Crippen LogP contribution in [0.4, 0.5) is 0 Å². The first kappa shape index (κ1) is 12.1. The van der Waals surface area contributed by atoms with Crippen LogP contribution in [0.25, 0.3) is 0 Å². The molecule has 1 unspecified atom stereocenters. The van der Waals surface area contributed by atoms with Crippen molar-refractivity contribution in [3.8, 4) is 0 Å². The fourth-order valence-electron chi connectivity index (χ4n) is 1.92. The molecule has 0 bridgehead atoms. The highest BCUT2D eigenvalue weighted by Crippen LogP contribution is 2.36. The van der Waals surface area contributed by atoms with Gasteiger partial charge in [0.1, 0.15) is 0 Å². The van der Waals surface area contributed by atoms with Crippen LogP contribution < -0.4 is 0 Å². The summed E-state index contributed by atoms with van der Waals surface area (Å²) in [4.78, 5) is 11.4. The van der Waals surface area contributed by atoms with Gasteiger partial charge in [-0.2, -0.15) is 0 Å². The third-order valence-corrected chi connectivity index (χ3v) is 3.04. The lowest BCUT2D eigenvalue weighted by Gasteiger charge is -2.38. The van der Waals surface area contributed by atoms with Crippen molar-refractivity contribution in [1.82, 2.24) is 0 Å². The zero-order valence-electron chi connectivity index (χ0n) is 9.74. The summed E-state index contributed by atoms with van der Waals surface area (Å²) >= 11 is 0. The van der Waals surface area contributed by atoms with E-state index in [1.165, 1.54) is 6.08 Å². The molecule has 1 aliphatic carbocycles. The maximum absolute atomic E-state index is 11.4. The largest absolute Gasteiger partial charge is 0.349 e. The quantitative estimate of drug-likeness (QED) is 0.528. The first-order valence-corrected chi connectivity index (χ1v) is 5.04. The van der Waals surface area contributed by atoms with Crippen molar-refractivity contribution < 1.29 is 14.3 Å². The second-order valence-corrected chi connectivity index (χ2v) is 3.72. The maximum atomic E-state index is 11.4. The van der Waals surface area contributed by atoms with Crippen molar-refractivity contribution in [3.63, 3.8) is 0 Å². The molecular weight excluding hydrogens is 192 g/mol. The van der Waals surface area contributed by atoms with E-state index in [1.807, 2.05) is 19.9 Å². The minimum absolute atomic E-state index is 0.0324. The molecule has 15 heavy (non-hydrogen) atoms. The molecule has 84 valence electrons. The third-order valence-electron chi connectivity index (χ3n) is 3.04. The molecule has 0 spiro atoms. The summed E-state index contributed by atoms with van der Waals surface area (Å²) in [6, 6.07) is 0. The Morgan fingerprint density at radius 3 is 2.60 bits per heavy atom. The molecule has 1 rings (SSSR count). The predicted molar refractivity (Wildman–Crippen MR) is 58.4 cm³/mol.